The number of ether oxygens (including phenoxy) is 2. The molecule has 1 aromatic carbocycles. The standard InChI is InChI=1S/C35H60O8/c1-20(2)12-9-13-21(3)14-10-15-22(4)16-11-17-34(8)28(35(41)33(40)31(39)30(38)27(19-36)42-35)18-26-25(7)29(37)23(5)24(6)32(26)43-34/h20-22,27-28,30-31,33,36-41H,9-19H2,1-8H3/t21-,22?,27+,28?,30+,31-,33+,34-,35?/m0/s1. The number of aromatic hydroxyl groups is 1. The third-order valence-electron chi connectivity index (χ3n) is 10.6. The average molecular weight is 609 g/mol. The molecular formula is C35H60O8. The third-order valence-corrected chi connectivity index (χ3v) is 10.6. The summed E-state index contributed by atoms with van der Waals surface area (Å²) >= 11 is 0. The number of hydrogen-bond acceptors (Lipinski definition) is 8. The smallest absolute Gasteiger partial charge is 0.202 e. The summed E-state index contributed by atoms with van der Waals surface area (Å²) in [7, 11) is 0. The summed E-state index contributed by atoms with van der Waals surface area (Å²) in [6.07, 6.45) is 3.69. The molecular weight excluding hydrogens is 548 g/mol. The highest BCUT2D eigenvalue weighted by Gasteiger charge is 2.62. The van der Waals surface area contributed by atoms with Gasteiger partial charge in [-0.3, -0.25) is 0 Å². The van der Waals surface area contributed by atoms with Crippen molar-refractivity contribution in [3.63, 3.8) is 0 Å². The van der Waals surface area contributed by atoms with E-state index in [1.165, 1.54) is 32.1 Å². The average Bonchev–Trinajstić information content (AvgIpc) is 2.95. The van der Waals surface area contributed by atoms with Crippen LogP contribution in [0.15, 0.2) is 0 Å². The van der Waals surface area contributed by atoms with Crippen LogP contribution in [-0.2, 0) is 11.2 Å². The van der Waals surface area contributed by atoms with Gasteiger partial charge in [-0.2, -0.15) is 0 Å². The zero-order chi connectivity index (χ0) is 32.3. The predicted octanol–water partition coefficient (Wildman–Crippen LogP) is 5.23. The number of phenols is 1. The van der Waals surface area contributed by atoms with E-state index < -0.39 is 48.3 Å². The molecule has 1 fully saturated rings. The lowest BCUT2D eigenvalue weighted by atomic mass is 9.69. The Kier molecular flexibility index (Phi) is 12.4. The zero-order valence-corrected chi connectivity index (χ0v) is 27.9. The van der Waals surface area contributed by atoms with Gasteiger partial charge in [0.1, 0.15) is 41.5 Å². The molecule has 2 heterocycles. The molecule has 1 saturated heterocycles. The van der Waals surface area contributed by atoms with Gasteiger partial charge in [0.05, 0.1) is 12.5 Å². The summed E-state index contributed by atoms with van der Waals surface area (Å²) in [5.74, 6) is -0.307. The van der Waals surface area contributed by atoms with Gasteiger partial charge in [-0.05, 0) is 81.4 Å². The molecule has 2 aliphatic rings. The van der Waals surface area contributed by atoms with E-state index in [1.807, 2.05) is 20.8 Å². The second-order valence-corrected chi connectivity index (χ2v) is 14.6. The largest absolute Gasteiger partial charge is 0.507 e. The van der Waals surface area contributed by atoms with Crippen LogP contribution in [0.2, 0.25) is 0 Å². The number of phenolic OH excluding ortho intramolecular Hbond substituents is 1. The number of benzene rings is 1. The first-order valence-corrected chi connectivity index (χ1v) is 16.6. The SMILES string of the molecule is Cc1c(C)c2c(c(C)c1O)CC(C1(O)O[C@H](CO)[C@@H](O)[C@H](O)[C@H]1O)[C@](C)(CCCC(C)CCC[C@@H](C)CCCC(C)C)O2. The van der Waals surface area contributed by atoms with Gasteiger partial charge in [0.25, 0.3) is 0 Å². The van der Waals surface area contributed by atoms with Gasteiger partial charge in [0.15, 0.2) is 0 Å². The summed E-state index contributed by atoms with van der Waals surface area (Å²) in [5.41, 5.74) is 1.89. The van der Waals surface area contributed by atoms with Crippen LogP contribution in [0.1, 0.15) is 115 Å². The summed E-state index contributed by atoms with van der Waals surface area (Å²) in [6.45, 7) is 16.0. The van der Waals surface area contributed by atoms with E-state index in [9.17, 15) is 30.6 Å². The fourth-order valence-electron chi connectivity index (χ4n) is 7.33. The Morgan fingerprint density at radius 2 is 1.37 bits per heavy atom. The minimum Gasteiger partial charge on any atom is -0.507 e. The Bertz CT molecular complexity index is 1060. The molecule has 0 radical (unpaired) electrons. The first kappa shape index (κ1) is 36.1. The van der Waals surface area contributed by atoms with E-state index >= 15 is 0 Å². The lowest BCUT2D eigenvalue weighted by Gasteiger charge is -2.55. The minimum absolute atomic E-state index is 0.158. The molecule has 0 aromatic heterocycles. The van der Waals surface area contributed by atoms with Crippen LogP contribution in [0.3, 0.4) is 0 Å². The van der Waals surface area contributed by atoms with E-state index in [4.69, 9.17) is 9.47 Å². The Balaban J connectivity index is 1.78. The molecule has 6 N–H and O–H groups in total. The Hall–Kier alpha value is -1.42. The first-order valence-electron chi connectivity index (χ1n) is 16.6. The minimum atomic E-state index is -2.31. The maximum atomic E-state index is 12.0. The van der Waals surface area contributed by atoms with Crippen molar-refractivity contribution in [1.82, 2.24) is 0 Å². The highest BCUT2D eigenvalue weighted by atomic mass is 16.7. The Labute approximate surface area is 259 Å². The second kappa shape index (κ2) is 14.8. The van der Waals surface area contributed by atoms with Crippen LogP contribution >= 0.6 is 0 Å². The van der Waals surface area contributed by atoms with Gasteiger partial charge in [0, 0.05) is 5.56 Å². The van der Waals surface area contributed by atoms with Gasteiger partial charge in [-0.15, -0.1) is 0 Å². The van der Waals surface area contributed by atoms with E-state index in [2.05, 4.69) is 27.7 Å². The van der Waals surface area contributed by atoms with Gasteiger partial charge in [0.2, 0.25) is 5.79 Å². The third kappa shape index (κ3) is 7.87. The highest BCUT2D eigenvalue weighted by Crippen LogP contribution is 2.52. The van der Waals surface area contributed by atoms with Crippen LogP contribution in [0, 0.1) is 44.4 Å². The molecule has 0 aliphatic carbocycles. The fourth-order valence-corrected chi connectivity index (χ4v) is 7.33. The molecule has 8 nitrogen and oxygen atoms in total. The maximum Gasteiger partial charge on any atom is 0.202 e. The summed E-state index contributed by atoms with van der Waals surface area (Å²) in [6, 6.07) is 0. The van der Waals surface area contributed by atoms with Crippen molar-refractivity contribution < 1.29 is 40.1 Å². The lowest BCUT2D eigenvalue weighted by molar-refractivity contribution is -0.381. The van der Waals surface area contributed by atoms with E-state index in [1.54, 1.807) is 6.92 Å². The molecule has 0 amide bonds. The molecule has 9 atom stereocenters. The van der Waals surface area contributed by atoms with Crippen LogP contribution in [-0.4, -0.2) is 73.1 Å². The number of aliphatic hydroxyl groups is 5. The molecule has 3 rings (SSSR count). The molecule has 0 spiro atoms. The Morgan fingerprint density at radius 3 is 1.93 bits per heavy atom. The fraction of sp³-hybridized carbons (Fsp3) is 0.829. The number of aliphatic hydroxyl groups excluding tert-OH is 4. The molecule has 0 saturated carbocycles. The number of rotatable bonds is 14. The highest BCUT2D eigenvalue weighted by molar-refractivity contribution is 5.58. The lowest BCUT2D eigenvalue weighted by Crippen LogP contribution is -2.71. The molecule has 8 heteroatoms. The molecule has 3 unspecified atom stereocenters. The molecule has 0 bridgehead atoms. The van der Waals surface area contributed by atoms with Crippen LogP contribution < -0.4 is 4.74 Å². The van der Waals surface area contributed by atoms with Crippen molar-refractivity contribution in [3.05, 3.63) is 22.3 Å². The van der Waals surface area contributed by atoms with Gasteiger partial charge < -0.3 is 40.1 Å². The van der Waals surface area contributed by atoms with Crippen molar-refractivity contribution in [2.24, 2.45) is 23.7 Å². The normalized spacial score (nSPS) is 32.4. The molecule has 1 aromatic rings. The quantitative estimate of drug-likeness (QED) is 0.169. The Morgan fingerprint density at radius 1 is 0.814 bits per heavy atom. The molecule has 2 aliphatic heterocycles. The molecule has 248 valence electrons. The number of hydrogen-bond donors (Lipinski definition) is 6. The molecule has 43 heavy (non-hydrogen) atoms. The number of fused-ring (bicyclic) bond motifs is 1. The van der Waals surface area contributed by atoms with Crippen LogP contribution in [0.5, 0.6) is 11.5 Å². The summed E-state index contributed by atoms with van der Waals surface area (Å²) in [4.78, 5) is 0. The van der Waals surface area contributed by atoms with E-state index in [-0.39, 0.29) is 12.2 Å². The summed E-state index contributed by atoms with van der Waals surface area (Å²) < 4.78 is 12.6. The van der Waals surface area contributed by atoms with E-state index in [0.29, 0.717) is 29.2 Å². The van der Waals surface area contributed by atoms with Crippen LogP contribution in [0.4, 0.5) is 0 Å². The monoisotopic (exact) mass is 608 g/mol. The first-order chi connectivity index (χ1) is 20.1. The van der Waals surface area contributed by atoms with Crippen molar-refractivity contribution in [2.45, 2.75) is 155 Å². The van der Waals surface area contributed by atoms with Crippen LogP contribution in [0.25, 0.3) is 0 Å². The predicted molar refractivity (Wildman–Crippen MR) is 168 cm³/mol. The van der Waals surface area contributed by atoms with Crippen molar-refractivity contribution >= 4 is 0 Å². The van der Waals surface area contributed by atoms with Gasteiger partial charge >= 0.3 is 0 Å². The zero-order valence-electron chi connectivity index (χ0n) is 27.9. The second-order valence-electron chi connectivity index (χ2n) is 14.6. The van der Waals surface area contributed by atoms with E-state index in [0.717, 1.165) is 42.2 Å². The summed E-state index contributed by atoms with van der Waals surface area (Å²) in [5, 5.41) is 64.8. The topological polar surface area (TPSA) is 140 Å². The van der Waals surface area contributed by atoms with Crippen molar-refractivity contribution in [2.75, 3.05) is 6.61 Å². The van der Waals surface area contributed by atoms with Crippen molar-refractivity contribution in [3.8, 4) is 11.5 Å². The van der Waals surface area contributed by atoms with Gasteiger partial charge in [-0.25, -0.2) is 0 Å². The van der Waals surface area contributed by atoms with Crippen molar-refractivity contribution in [1.29, 1.82) is 0 Å². The maximum absolute atomic E-state index is 12.0. The van der Waals surface area contributed by atoms with Gasteiger partial charge in [-0.1, -0.05) is 72.6 Å².